The molecule has 0 radical (unpaired) electrons. The van der Waals surface area contributed by atoms with E-state index in [1.807, 2.05) is 0 Å². The Kier molecular flexibility index (Phi) is 4.47. The van der Waals surface area contributed by atoms with E-state index in [-0.39, 0.29) is 16.5 Å². The van der Waals surface area contributed by atoms with Crippen LogP contribution in [0.4, 0.5) is 16.0 Å². The van der Waals surface area contributed by atoms with Crippen LogP contribution in [-0.4, -0.2) is 24.6 Å². The van der Waals surface area contributed by atoms with Gasteiger partial charge in [-0.05, 0) is 32.0 Å². The number of carbonyl (C=O) groups excluding carboxylic acids is 1. The van der Waals surface area contributed by atoms with Gasteiger partial charge in [0.05, 0.1) is 10.5 Å². The minimum Gasteiger partial charge on any atom is -0.360 e. The van der Waals surface area contributed by atoms with Crippen molar-refractivity contribution in [3.8, 4) is 0 Å². The maximum Gasteiger partial charge on any atom is 0.263 e. The molecule has 1 aromatic carbocycles. The van der Waals surface area contributed by atoms with Crippen LogP contribution in [0.3, 0.4) is 0 Å². The lowest BCUT2D eigenvalue weighted by molar-refractivity contribution is 0.102. The van der Waals surface area contributed by atoms with E-state index in [1.54, 1.807) is 13.8 Å². The lowest BCUT2D eigenvalue weighted by Gasteiger charge is -2.08. The zero-order valence-electron chi connectivity index (χ0n) is 13.6. The number of amides is 1. The molecular weight excluding hydrogens is 367 g/mol. The van der Waals surface area contributed by atoms with Crippen molar-refractivity contribution < 1.29 is 26.6 Å². The summed E-state index contributed by atoms with van der Waals surface area (Å²) < 4.78 is 50.5. The number of benzene rings is 1. The predicted octanol–water partition coefficient (Wildman–Crippen LogP) is 2.47. The number of carbonyl (C=O) groups is 1. The number of nitrogens with one attached hydrogen (secondary N) is 2. The third-order valence-electron chi connectivity index (χ3n) is 3.23. The minimum absolute atomic E-state index is 0.0316. The Balaban J connectivity index is 1.87. The standard InChI is InChI=1S/C15H13FN4O5S/c1-8-5-13(18-24-8)17-15(21)11-7-10(3-4-12(11)16)26(22,23)20-14-6-9(2)25-19-14/h3-7H,1-2H3,(H,19,20)(H,17,18,21). The summed E-state index contributed by atoms with van der Waals surface area (Å²) in [6, 6.07) is 5.63. The number of rotatable bonds is 5. The van der Waals surface area contributed by atoms with E-state index >= 15 is 0 Å². The second-order valence-electron chi connectivity index (χ2n) is 5.35. The largest absolute Gasteiger partial charge is 0.360 e. The van der Waals surface area contributed by atoms with Crippen LogP contribution in [0.15, 0.2) is 44.3 Å². The second kappa shape index (κ2) is 6.59. The Labute approximate surface area is 147 Å². The quantitative estimate of drug-likeness (QED) is 0.696. The molecule has 2 aromatic heterocycles. The molecule has 0 saturated heterocycles. The van der Waals surface area contributed by atoms with E-state index in [0.717, 1.165) is 18.2 Å². The topological polar surface area (TPSA) is 127 Å². The van der Waals surface area contributed by atoms with Crippen LogP contribution in [0.1, 0.15) is 21.9 Å². The van der Waals surface area contributed by atoms with E-state index in [4.69, 9.17) is 9.05 Å². The SMILES string of the molecule is Cc1cc(NC(=O)c2cc(S(=O)(=O)Nc3cc(C)on3)ccc2F)no1. The van der Waals surface area contributed by atoms with Crippen molar-refractivity contribution in [3.05, 3.63) is 53.2 Å². The number of halogens is 1. The molecule has 136 valence electrons. The molecule has 2 heterocycles. The highest BCUT2D eigenvalue weighted by molar-refractivity contribution is 7.92. The molecule has 0 saturated carbocycles. The Hall–Kier alpha value is -3.21. The third kappa shape index (κ3) is 3.72. The maximum atomic E-state index is 14.0. The number of sulfonamides is 1. The van der Waals surface area contributed by atoms with Crippen molar-refractivity contribution in [2.75, 3.05) is 10.0 Å². The van der Waals surface area contributed by atoms with E-state index in [9.17, 15) is 17.6 Å². The summed E-state index contributed by atoms with van der Waals surface area (Å²) in [5.74, 6) is -0.856. The first-order valence-electron chi connectivity index (χ1n) is 7.25. The molecule has 1 amide bonds. The smallest absolute Gasteiger partial charge is 0.263 e. The van der Waals surface area contributed by atoms with Crippen LogP contribution >= 0.6 is 0 Å². The molecule has 0 fully saturated rings. The molecule has 3 rings (SSSR count). The number of nitrogens with zero attached hydrogens (tertiary/aromatic N) is 2. The van der Waals surface area contributed by atoms with Gasteiger partial charge in [-0.2, -0.15) is 0 Å². The Bertz CT molecular complexity index is 1070. The molecule has 0 aliphatic rings. The van der Waals surface area contributed by atoms with Crippen LogP contribution in [-0.2, 0) is 10.0 Å². The molecule has 26 heavy (non-hydrogen) atoms. The number of hydrogen-bond acceptors (Lipinski definition) is 7. The lowest BCUT2D eigenvalue weighted by Crippen LogP contribution is -2.17. The van der Waals surface area contributed by atoms with Gasteiger partial charge in [-0.3, -0.25) is 9.52 Å². The zero-order chi connectivity index (χ0) is 18.9. The van der Waals surface area contributed by atoms with E-state index in [0.29, 0.717) is 11.5 Å². The van der Waals surface area contributed by atoms with Gasteiger partial charge in [0, 0.05) is 12.1 Å². The second-order valence-corrected chi connectivity index (χ2v) is 7.03. The molecule has 0 unspecified atom stereocenters. The summed E-state index contributed by atoms with van der Waals surface area (Å²) >= 11 is 0. The van der Waals surface area contributed by atoms with E-state index < -0.39 is 27.3 Å². The fourth-order valence-electron chi connectivity index (χ4n) is 2.07. The lowest BCUT2D eigenvalue weighted by atomic mass is 10.2. The van der Waals surface area contributed by atoms with Gasteiger partial charge in [-0.15, -0.1) is 0 Å². The van der Waals surface area contributed by atoms with Crippen LogP contribution in [0.2, 0.25) is 0 Å². The molecule has 3 aromatic rings. The normalized spacial score (nSPS) is 11.3. The van der Waals surface area contributed by atoms with Crippen LogP contribution in [0, 0.1) is 19.7 Å². The Morgan fingerprint density at radius 3 is 2.23 bits per heavy atom. The summed E-state index contributed by atoms with van der Waals surface area (Å²) in [5.41, 5.74) is -0.468. The van der Waals surface area contributed by atoms with Crippen LogP contribution in [0.25, 0.3) is 0 Å². The molecule has 2 N–H and O–H groups in total. The first-order valence-corrected chi connectivity index (χ1v) is 8.73. The number of aryl methyl sites for hydroxylation is 2. The monoisotopic (exact) mass is 380 g/mol. The predicted molar refractivity (Wildman–Crippen MR) is 87.6 cm³/mol. The summed E-state index contributed by atoms with van der Waals surface area (Å²) in [5, 5.41) is 9.41. The van der Waals surface area contributed by atoms with Gasteiger partial charge in [0.25, 0.3) is 15.9 Å². The first-order chi connectivity index (χ1) is 12.2. The van der Waals surface area contributed by atoms with Crippen molar-refractivity contribution in [1.82, 2.24) is 10.3 Å². The highest BCUT2D eigenvalue weighted by Crippen LogP contribution is 2.20. The molecular formula is C15H13FN4O5S. The molecule has 0 spiro atoms. The van der Waals surface area contributed by atoms with Gasteiger partial charge in [-0.1, -0.05) is 10.3 Å². The molecule has 0 aliphatic heterocycles. The van der Waals surface area contributed by atoms with Gasteiger partial charge >= 0.3 is 0 Å². The number of hydrogen-bond donors (Lipinski definition) is 2. The summed E-state index contributed by atoms with van der Waals surface area (Å²) in [4.78, 5) is 11.9. The summed E-state index contributed by atoms with van der Waals surface area (Å²) in [6.45, 7) is 3.21. The summed E-state index contributed by atoms with van der Waals surface area (Å²) in [7, 11) is -4.09. The number of aromatic nitrogens is 2. The van der Waals surface area contributed by atoms with Crippen molar-refractivity contribution in [3.63, 3.8) is 0 Å². The Morgan fingerprint density at radius 1 is 1.04 bits per heavy atom. The van der Waals surface area contributed by atoms with E-state index in [1.165, 1.54) is 12.1 Å². The van der Waals surface area contributed by atoms with Gasteiger partial charge in [-0.25, -0.2) is 12.8 Å². The molecule has 0 bridgehead atoms. The highest BCUT2D eigenvalue weighted by atomic mass is 32.2. The van der Waals surface area contributed by atoms with Crippen molar-refractivity contribution in [2.45, 2.75) is 18.7 Å². The summed E-state index contributed by atoms with van der Waals surface area (Å²) in [6.07, 6.45) is 0. The van der Waals surface area contributed by atoms with Crippen molar-refractivity contribution >= 4 is 27.6 Å². The molecule has 0 atom stereocenters. The Morgan fingerprint density at radius 2 is 1.65 bits per heavy atom. The minimum atomic E-state index is -4.09. The average Bonchev–Trinajstić information content (AvgIpc) is 3.15. The average molecular weight is 380 g/mol. The molecule has 9 nitrogen and oxygen atoms in total. The van der Waals surface area contributed by atoms with Crippen LogP contribution < -0.4 is 10.0 Å². The van der Waals surface area contributed by atoms with Gasteiger partial charge < -0.3 is 14.4 Å². The fraction of sp³-hybridized carbons (Fsp3) is 0.133. The molecule has 0 aliphatic carbocycles. The van der Waals surface area contributed by atoms with Gasteiger partial charge in [0.2, 0.25) is 0 Å². The zero-order valence-corrected chi connectivity index (χ0v) is 14.4. The van der Waals surface area contributed by atoms with Crippen molar-refractivity contribution in [1.29, 1.82) is 0 Å². The maximum absolute atomic E-state index is 14.0. The van der Waals surface area contributed by atoms with Crippen LogP contribution in [0.5, 0.6) is 0 Å². The first kappa shape index (κ1) is 17.6. The van der Waals surface area contributed by atoms with Gasteiger partial charge in [0.15, 0.2) is 11.6 Å². The third-order valence-corrected chi connectivity index (χ3v) is 4.58. The fourth-order valence-corrected chi connectivity index (χ4v) is 3.08. The van der Waals surface area contributed by atoms with E-state index in [2.05, 4.69) is 20.4 Å². The highest BCUT2D eigenvalue weighted by Gasteiger charge is 2.21. The molecule has 11 heteroatoms. The van der Waals surface area contributed by atoms with Gasteiger partial charge in [0.1, 0.15) is 17.3 Å². The number of anilines is 2. The van der Waals surface area contributed by atoms with Crippen molar-refractivity contribution in [2.24, 2.45) is 0 Å².